The van der Waals surface area contributed by atoms with Crippen LogP contribution in [0.5, 0.6) is 0 Å². The quantitative estimate of drug-likeness (QED) is 0.877. The molecule has 0 saturated heterocycles. The number of anilines is 2. The fourth-order valence-corrected chi connectivity index (χ4v) is 3.02. The summed E-state index contributed by atoms with van der Waals surface area (Å²) in [7, 11) is 0. The monoisotopic (exact) mass is 310 g/mol. The number of para-hydroxylation sites is 1. The van der Waals surface area contributed by atoms with Gasteiger partial charge < -0.3 is 10.2 Å². The van der Waals surface area contributed by atoms with Gasteiger partial charge in [0.1, 0.15) is 5.82 Å². The third kappa shape index (κ3) is 3.42. The highest BCUT2D eigenvalue weighted by molar-refractivity contribution is 5.86. The Bertz CT molecular complexity index is 729. The maximum Gasteiger partial charge on any atom is 0.243 e. The molecule has 1 atom stereocenters. The molecule has 0 aliphatic carbocycles. The van der Waals surface area contributed by atoms with Gasteiger partial charge in [-0.05, 0) is 48.2 Å². The molecule has 0 aromatic heterocycles. The summed E-state index contributed by atoms with van der Waals surface area (Å²) in [5.41, 5.74) is 3.14. The lowest BCUT2D eigenvalue weighted by Gasteiger charge is -2.36. The third-order valence-electron chi connectivity index (χ3n) is 4.10. The predicted octanol–water partition coefficient (Wildman–Crippen LogP) is 3.44. The molecule has 23 heavy (non-hydrogen) atoms. The van der Waals surface area contributed by atoms with E-state index in [4.69, 9.17) is 0 Å². The van der Waals surface area contributed by atoms with Crippen LogP contribution in [0, 0.1) is 11.7 Å². The predicted molar refractivity (Wildman–Crippen MR) is 90.2 cm³/mol. The Hall–Kier alpha value is -2.62. The number of fused-ring (bicyclic) bond motifs is 1. The SMILES string of the molecule is C=CC(=O)NCC1Cc2ccccc2N(c2cccc(F)c2)C1. The van der Waals surface area contributed by atoms with Gasteiger partial charge in [0.25, 0.3) is 0 Å². The maximum absolute atomic E-state index is 13.6. The van der Waals surface area contributed by atoms with E-state index in [2.05, 4.69) is 28.9 Å². The van der Waals surface area contributed by atoms with Gasteiger partial charge >= 0.3 is 0 Å². The van der Waals surface area contributed by atoms with Gasteiger partial charge in [-0.25, -0.2) is 4.39 Å². The molecular weight excluding hydrogens is 291 g/mol. The molecule has 2 aromatic carbocycles. The van der Waals surface area contributed by atoms with Crippen LogP contribution < -0.4 is 10.2 Å². The number of nitrogens with zero attached hydrogens (tertiary/aromatic N) is 1. The summed E-state index contributed by atoms with van der Waals surface area (Å²) in [5.74, 6) is -0.153. The van der Waals surface area contributed by atoms with Crippen molar-refractivity contribution in [1.29, 1.82) is 0 Å². The van der Waals surface area contributed by atoms with Gasteiger partial charge in [0.05, 0.1) is 0 Å². The topological polar surface area (TPSA) is 32.3 Å². The molecule has 1 aliphatic rings. The van der Waals surface area contributed by atoms with E-state index in [1.165, 1.54) is 17.7 Å². The number of amides is 1. The number of rotatable bonds is 4. The molecule has 0 fully saturated rings. The Morgan fingerprint density at radius 3 is 2.91 bits per heavy atom. The Kier molecular flexibility index (Phi) is 4.42. The summed E-state index contributed by atoms with van der Waals surface area (Å²) in [4.78, 5) is 13.5. The molecule has 1 unspecified atom stereocenters. The number of carbonyl (C=O) groups is 1. The van der Waals surface area contributed by atoms with Gasteiger partial charge in [0.15, 0.2) is 0 Å². The minimum atomic E-state index is -0.248. The maximum atomic E-state index is 13.6. The second-order valence-corrected chi connectivity index (χ2v) is 5.74. The van der Waals surface area contributed by atoms with Gasteiger partial charge in [-0.1, -0.05) is 30.8 Å². The summed E-state index contributed by atoms with van der Waals surface area (Å²) in [6.45, 7) is 4.78. The minimum absolute atomic E-state index is 0.166. The molecule has 0 radical (unpaired) electrons. The van der Waals surface area contributed by atoms with Gasteiger partial charge in [0.2, 0.25) is 5.91 Å². The Morgan fingerprint density at radius 1 is 1.30 bits per heavy atom. The second kappa shape index (κ2) is 6.65. The van der Waals surface area contributed by atoms with E-state index in [1.54, 1.807) is 12.1 Å². The number of carbonyl (C=O) groups excluding carboxylic acids is 1. The molecule has 0 saturated carbocycles. The van der Waals surface area contributed by atoms with Crippen LogP contribution in [0.25, 0.3) is 0 Å². The summed E-state index contributed by atoms with van der Waals surface area (Å²) in [6.07, 6.45) is 2.17. The number of hydrogen-bond acceptors (Lipinski definition) is 2. The molecule has 0 bridgehead atoms. The third-order valence-corrected chi connectivity index (χ3v) is 4.10. The first-order valence-electron chi connectivity index (χ1n) is 7.68. The van der Waals surface area contributed by atoms with Crippen LogP contribution in [0.15, 0.2) is 61.2 Å². The van der Waals surface area contributed by atoms with Crippen molar-refractivity contribution in [2.75, 3.05) is 18.0 Å². The van der Waals surface area contributed by atoms with Crippen LogP contribution in [0.1, 0.15) is 5.56 Å². The average molecular weight is 310 g/mol. The molecule has 4 heteroatoms. The van der Waals surface area contributed by atoms with Crippen LogP contribution in [-0.2, 0) is 11.2 Å². The van der Waals surface area contributed by atoms with Crippen molar-refractivity contribution in [3.63, 3.8) is 0 Å². The highest BCUT2D eigenvalue weighted by atomic mass is 19.1. The first-order valence-corrected chi connectivity index (χ1v) is 7.68. The van der Waals surface area contributed by atoms with Crippen LogP contribution in [0.3, 0.4) is 0 Å². The molecule has 1 N–H and O–H groups in total. The van der Waals surface area contributed by atoms with Gasteiger partial charge in [-0.2, -0.15) is 0 Å². The highest BCUT2D eigenvalue weighted by Gasteiger charge is 2.25. The van der Waals surface area contributed by atoms with Crippen LogP contribution in [0.2, 0.25) is 0 Å². The summed E-state index contributed by atoms with van der Waals surface area (Å²) in [6, 6.07) is 14.8. The standard InChI is InChI=1S/C19H19FN2O/c1-2-19(23)21-12-14-10-15-6-3-4-9-18(15)22(13-14)17-8-5-7-16(20)11-17/h2-9,11,14H,1,10,12-13H2,(H,21,23). The van der Waals surface area contributed by atoms with Gasteiger partial charge in [0, 0.05) is 24.5 Å². The summed E-state index contributed by atoms with van der Waals surface area (Å²) in [5, 5.41) is 2.86. The van der Waals surface area contributed by atoms with E-state index < -0.39 is 0 Å². The zero-order chi connectivity index (χ0) is 16.2. The normalized spacial score (nSPS) is 16.6. The van der Waals surface area contributed by atoms with Crippen molar-refractivity contribution in [2.24, 2.45) is 5.92 Å². The molecule has 3 nitrogen and oxygen atoms in total. The molecule has 2 aromatic rings. The first kappa shape index (κ1) is 15.3. The van der Waals surface area contributed by atoms with Crippen molar-refractivity contribution in [1.82, 2.24) is 5.32 Å². The summed E-state index contributed by atoms with van der Waals surface area (Å²) >= 11 is 0. The van der Waals surface area contributed by atoms with E-state index in [-0.39, 0.29) is 17.6 Å². The lowest BCUT2D eigenvalue weighted by Crippen LogP contribution is -2.38. The van der Waals surface area contributed by atoms with E-state index in [9.17, 15) is 9.18 Å². The molecule has 1 amide bonds. The Morgan fingerprint density at radius 2 is 2.13 bits per heavy atom. The zero-order valence-corrected chi connectivity index (χ0v) is 12.8. The molecule has 3 rings (SSSR count). The van der Waals surface area contributed by atoms with Crippen molar-refractivity contribution in [3.8, 4) is 0 Å². The van der Waals surface area contributed by atoms with Crippen molar-refractivity contribution < 1.29 is 9.18 Å². The largest absolute Gasteiger partial charge is 0.352 e. The fraction of sp³-hybridized carbons (Fsp3) is 0.211. The molecule has 118 valence electrons. The fourth-order valence-electron chi connectivity index (χ4n) is 3.02. The van der Waals surface area contributed by atoms with Crippen molar-refractivity contribution in [3.05, 3.63) is 72.6 Å². The minimum Gasteiger partial charge on any atom is -0.352 e. The molecule has 0 spiro atoms. The smallest absolute Gasteiger partial charge is 0.243 e. The molecule has 1 aliphatic heterocycles. The Labute approximate surface area is 135 Å². The number of halogens is 1. The summed E-state index contributed by atoms with van der Waals surface area (Å²) < 4.78 is 13.6. The van der Waals surface area contributed by atoms with E-state index in [0.29, 0.717) is 6.54 Å². The van der Waals surface area contributed by atoms with Crippen molar-refractivity contribution in [2.45, 2.75) is 6.42 Å². The Balaban J connectivity index is 1.88. The van der Waals surface area contributed by atoms with Gasteiger partial charge in [-0.15, -0.1) is 0 Å². The van der Waals surface area contributed by atoms with E-state index in [0.717, 1.165) is 24.3 Å². The lowest BCUT2D eigenvalue weighted by molar-refractivity contribution is -0.116. The number of benzene rings is 2. The highest BCUT2D eigenvalue weighted by Crippen LogP contribution is 2.35. The number of nitrogens with one attached hydrogen (secondary N) is 1. The van der Waals surface area contributed by atoms with Crippen LogP contribution >= 0.6 is 0 Å². The van der Waals surface area contributed by atoms with E-state index in [1.807, 2.05) is 18.2 Å². The lowest BCUT2D eigenvalue weighted by atomic mass is 9.92. The van der Waals surface area contributed by atoms with E-state index >= 15 is 0 Å². The average Bonchev–Trinajstić information content (AvgIpc) is 2.58. The molecule has 1 heterocycles. The zero-order valence-electron chi connectivity index (χ0n) is 12.8. The van der Waals surface area contributed by atoms with Crippen LogP contribution in [-0.4, -0.2) is 19.0 Å². The van der Waals surface area contributed by atoms with Gasteiger partial charge in [-0.3, -0.25) is 4.79 Å². The second-order valence-electron chi connectivity index (χ2n) is 5.74. The first-order chi connectivity index (χ1) is 11.2. The molecular formula is C19H19FN2O. The van der Waals surface area contributed by atoms with Crippen molar-refractivity contribution >= 4 is 17.3 Å². The number of hydrogen-bond donors (Lipinski definition) is 1. The van der Waals surface area contributed by atoms with Crippen LogP contribution in [0.4, 0.5) is 15.8 Å².